The highest BCUT2D eigenvalue weighted by molar-refractivity contribution is 5.27. The molecular formula is C17H25NO2. The molecule has 110 valence electrons. The molecule has 0 spiro atoms. The van der Waals surface area contributed by atoms with Crippen LogP contribution >= 0.6 is 0 Å². The molecule has 2 aliphatic rings. The van der Waals surface area contributed by atoms with E-state index in [9.17, 15) is 9.90 Å². The van der Waals surface area contributed by atoms with E-state index < -0.39 is 0 Å². The first kappa shape index (κ1) is 13.9. The molecule has 0 saturated heterocycles. The fraction of sp³-hybridized carbons (Fsp3) is 0.706. The third-order valence-electron chi connectivity index (χ3n) is 4.86. The fourth-order valence-corrected chi connectivity index (χ4v) is 3.35. The van der Waals surface area contributed by atoms with Crippen LogP contribution in [-0.4, -0.2) is 15.8 Å². The van der Waals surface area contributed by atoms with E-state index in [-0.39, 0.29) is 23.5 Å². The Hall–Kier alpha value is -1.09. The van der Waals surface area contributed by atoms with Crippen LogP contribution in [0.3, 0.4) is 0 Å². The number of hydrogen-bond acceptors (Lipinski definition) is 2. The van der Waals surface area contributed by atoms with E-state index in [0.717, 1.165) is 24.8 Å². The van der Waals surface area contributed by atoms with E-state index in [1.165, 1.54) is 18.4 Å². The molecule has 1 N–H and O–H groups in total. The second-order valence-electron chi connectivity index (χ2n) is 6.87. The minimum atomic E-state index is -0.228. The molecule has 20 heavy (non-hydrogen) atoms. The van der Waals surface area contributed by atoms with Crippen molar-refractivity contribution >= 4 is 0 Å². The average Bonchev–Trinajstić information content (AvgIpc) is 3.17. The molecule has 0 aliphatic heterocycles. The summed E-state index contributed by atoms with van der Waals surface area (Å²) in [6, 6.07) is 2.12. The number of aliphatic hydroxyl groups excluding tert-OH is 1. The molecule has 2 fully saturated rings. The van der Waals surface area contributed by atoms with Crippen LogP contribution in [0.2, 0.25) is 0 Å². The molecule has 2 atom stereocenters. The zero-order valence-electron chi connectivity index (χ0n) is 12.5. The van der Waals surface area contributed by atoms with Crippen LogP contribution in [0.5, 0.6) is 0 Å². The quantitative estimate of drug-likeness (QED) is 0.918. The van der Waals surface area contributed by atoms with Crippen LogP contribution in [0.15, 0.2) is 17.1 Å². The molecule has 0 bridgehead atoms. The summed E-state index contributed by atoms with van der Waals surface area (Å²) < 4.78 is 1.88. The lowest BCUT2D eigenvalue weighted by Gasteiger charge is -2.19. The molecule has 3 nitrogen and oxygen atoms in total. The summed E-state index contributed by atoms with van der Waals surface area (Å²) in [7, 11) is 0. The number of aliphatic hydroxyl groups is 1. The Bertz CT molecular complexity index is 542. The number of hydrogen-bond donors (Lipinski definition) is 1. The molecule has 1 heterocycles. The number of nitrogens with zero attached hydrogens (tertiary/aromatic N) is 1. The van der Waals surface area contributed by atoms with Crippen molar-refractivity contribution < 1.29 is 5.11 Å². The van der Waals surface area contributed by atoms with Crippen molar-refractivity contribution in [1.82, 2.24) is 4.57 Å². The van der Waals surface area contributed by atoms with Crippen molar-refractivity contribution in [2.24, 2.45) is 5.92 Å². The van der Waals surface area contributed by atoms with Gasteiger partial charge in [0.15, 0.2) is 0 Å². The molecule has 3 rings (SSSR count). The zero-order chi connectivity index (χ0) is 14.3. The lowest BCUT2D eigenvalue weighted by atomic mass is 10.0. The van der Waals surface area contributed by atoms with Crippen LogP contribution in [0.4, 0.5) is 0 Å². The maximum atomic E-state index is 12.6. The first-order valence-electron chi connectivity index (χ1n) is 7.98. The van der Waals surface area contributed by atoms with Crippen molar-refractivity contribution in [3.63, 3.8) is 0 Å². The van der Waals surface area contributed by atoms with Crippen molar-refractivity contribution in [1.29, 1.82) is 0 Å². The molecule has 1 aromatic heterocycles. The van der Waals surface area contributed by atoms with E-state index in [1.54, 1.807) is 0 Å². The van der Waals surface area contributed by atoms with E-state index >= 15 is 0 Å². The van der Waals surface area contributed by atoms with Crippen LogP contribution in [0, 0.1) is 5.92 Å². The van der Waals surface area contributed by atoms with Crippen LogP contribution in [0.25, 0.3) is 0 Å². The Kier molecular flexibility index (Phi) is 3.72. The van der Waals surface area contributed by atoms with Gasteiger partial charge in [-0.1, -0.05) is 20.3 Å². The predicted octanol–water partition coefficient (Wildman–Crippen LogP) is 3.01. The summed E-state index contributed by atoms with van der Waals surface area (Å²) >= 11 is 0. The maximum absolute atomic E-state index is 12.6. The normalized spacial score (nSPS) is 26.4. The van der Waals surface area contributed by atoms with E-state index in [0.29, 0.717) is 12.5 Å². The molecule has 0 aromatic carbocycles. The zero-order valence-corrected chi connectivity index (χ0v) is 12.5. The van der Waals surface area contributed by atoms with Crippen molar-refractivity contribution in [3.05, 3.63) is 33.7 Å². The summed E-state index contributed by atoms with van der Waals surface area (Å²) in [5, 5.41) is 10.00. The third kappa shape index (κ3) is 2.69. The highest BCUT2D eigenvalue weighted by Crippen LogP contribution is 2.40. The summed E-state index contributed by atoms with van der Waals surface area (Å²) in [4.78, 5) is 12.6. The monoisotopic (exact) mass is 275 g/mol. The summed E-state index contributed by atoms with van der Waals surface area (Å²) in [6.07, 6.45) is 7.34. The van der Waals surface area contributed by atoms with Gasteiger partial charge in [-0.3, -0.25) is 4.79 Å². The largest absolute Gasteiger partial charge is 0.393 e. The lowest BCUT2D eigenvalue weighted by Crippen LogP contribution is -2.30. The molecular weight excluding hydrogens is 250 g/mol. The molecule has 2 unspecified atom stereocenters. The highest BCUT2D eigenvalue weighted by atomic mass is 16.3. The Morgan fingerprint density at radius 1 is 1.30 bits per heavy atom. The van der Waals surface area contributed by atoms with E-state index in [1.807, 2.05) is 4.57 Å². The number of rotatable bonds is 4. The minimum absolute atomic E-state index is 0.142. The van der Waals surface area contributed by atoms with Gasteiger partial charge in [0, 0.05) is 24.2 Å². The van der Waals surface area contributed by atoms with Crippen LogP contribution < -0.4 is 5.56 Å². The maximum Gasteiger partial charge on any atom is 0.254 e. The Morgan fingerprint density at radius 3 is 2.60 bits per heavy atom. The van der Waals surface area contributed by atoms with Crippen molar-refractivity contribution in [3.8, 4) is 0 Å². The molecule has 0 radical (unpaired) electrons. The van der Waals surface area contributed by atoms with Crippen molar-refractivity contribution in [2.75, 3.05) is 0 Å². The molecule has 1 aromatic rings. The predicted molar refractivity (Wildman–Crippen MR) is 80.1 cm³/mol. The summed E-state index contributed by atoms with van der Waals surface area (Å²) in [5.74, 6) is 1.18. The van der Waals surface area contributed by atoms with Gasteiger partial charge in [0.05, 0.1) is 6.10 Å². The third-order valence-corrected chi connectivity index (χ3v) is 4.86. The first-order valence-corrected chi connectivity index (χ1v) is 7.98. The smallest absolute Gasteiger partial charge is 0.254 e. The highest BCUT2D eigenvalue weighted by Gasteiger charge is 2.28. The van der Waals surface area contributed by atoms with Gasteiger partial charge in [-0.2, -0.15) is 0 Å². The van der Waals surface area contributed by atoms with Gasteiger partial charge >= 0.3 is 0 Å². The van der Waals surface area contributed by atoms with Crippen LogP contribution in [-0.2, 0) is 6.54 Å². The molecule has 2 aliphatic carbocycles. The Morgan fingerprint density at radius 2 is 2.05 bits per heavy atom. The van der Waals surface area contributed by atoms with Gasteiger partial charge in [-0.15, -0.1) is 0 Å². The van der Waals surface area contributed by atoms with Gasteiger partial charge in [0.2, 0.25) is 0 Å². The van der Waals surface area contributed by atoms with Gasteiger partial charge in [0.25, 0.3) is 5.56 Å². The van der Waals surface area contributed by atoms with E-state index in [4.69, 9.17) is 0 Å². The summed E-state index contributed by atoms with van der Waals surface area (Å²) in [5.41, 5.74) is 2.39. The standard InChI is InChI=1S/C17H25NO2/c1-11(2)15-8-14(12-6-7-12)10-18(17(15)20)9-13-4-3-5-16(13)19/h8,10-13,16,19H,3-7,9H2,1-2H3. The second-order valence-corrected chi connectivity index (χ2v) is 6.87. The molecule has 3 heteroatoms. The Balaban J connectivity index is 1.93. The van der Waals surface area contributed by atoms with Gasteiger partial charge in [0.1, 0.15) is 0 Å². The Labute approximate surface area is 120 Å². The first-order chi connectivity index (χ1) is 9.56. The number of pyridine rings is 1. The fourth-order valence-electron chi connectivity index (χ4n) is 3.35. The van der Waals surface area contributed by atoms with Crippen LogP contribution in [0.1, 0.15) is 68.9 Å². The topological polar surface area (TPSA) is 42.2 Å². The summed E-state index contributed by atoms with van der Waals surface area (Å²) in [6.45, 7) is 4.85. The average molecular weight is 275 g/mol. The van der Waals surface area contributed by atoms with Gasteiger partial charge in [-0.25, -0.2) is 0 Å². The SMILES string of the molecule is CC(C)c1cc(C2CC2)cn(CC2CCCC2O)c1=O. The minimum Gasteiger partial charge on any atom is -0.393 e. The lowest BCUT2D eigenvalue weighted by molar-refractivity contribution is 0.122. The van der Waals surface area contributed by atoms with E-state index in [2.05, 4.69) is 26.1 Å². The van der Waals surface area contributed by atoms with Crippen molar-refractivity contribution in [2.45, 2.75) is 70.4 Å². The second kappa shape index (κ2) is 5.36. The van der Waals surface area contributed by atoms with Gasteiger partial charge < -0.3 is 9.67 Å². The number of aromatic nitrogens is 1. The molecule has 2 saturated carbocycles. The van der Waals surface area contributed by atoms with Gasteiger partial charge in [-0.05, 0) is 49.1 Å². The molecule has 0 amide bonds.